The van der Waals surface area contributed by atoms with Gasteiger partial charge in [-0.3, -0.25) is 9.59 Å². The number of phenolic OH excluding ortho intramolecular Hbond substituents is 1. The average molecular weight is 320 g/mol. The van der Waals surface area contributed by atoms with E-state index >= 15 is 0 Å². The van der Waals surface area contributed by atoms with Crippen LogP contribution in [-0.2, 0) is 11.2 Å². The van der Waals surface area contributed by atoms with Crippen molar-refractivity contribution in [2.24, 2.45) is 0 Å². The molecule has 1 aromatic carbocycles. The molecule has 0 bridgehead atoms. The van der Waals surface area contributed by atoms with E-state index in [2.05, 4.69) is 0 Å². The van der Waals surface area contributed by atoms with Crippen LogP contribution in [-0.4, -0.2) is 16.0 Å². The van der Waals surface area contributed by atoms with Crippen LogP contribution in [0.25, 0.3) is 28.5 Å². The van der Waals surface area contributed by atoms with Gasteiger partial charge in [0.2, 0.25) is 11.2 Å². The largest absolute Gasteiger partial charge is 0.504 e. The summed E-state index contributed by atoms with van der Waals surface area (Å²) in [4.78, 5) is 23.7. The Morgan fingerprint density at radius 2 is 1.75 bits per heavy atom. The molecule has 5 nitrogen and oxygen atoms in total. The number of benzene rings is 2. The van der Waals surface area contributed by atoms with E-state index < -0.39 is 11.2 Å². The van der Waals surface area contributed by atoms with Crippen LogP contribution in [0.2, 0.25) is 0 Å². The number of allylic oxidation sites excluding steroid dienone is 1. The number of hydrogen-bond acceptors (Lipinski definition) is 5. The standard InChI is InChI=1S/C19H12O5/c20-13-6-11-17(8-15(13)22)24-18-9-16(23)14(21)7-12(18)19(11)10-4-2-1-3-5-10/h1-6,8-9,20,23H,7H2. The molecule has 0 aromatic heterocycles. The Bertz CT molecular complexity index is 1030. The van der Waals surface area contributed by atoms with Gasteiger partial charge < -0.3 is 14.6 Å². The predicted octanol–water partition coefficient (Wildman–Crippen LogP) is 3.14. The maximum Gasteiger partial charge on any atom is 0.223 e. The van der Waals surface area contributed by atoms with Crippen LogP contribution in [0, 0.1) is 0 Å². The molecular formula is C19H12O5. The number of fused-ring (bicyclic) bond motifs is 2. The summed E-state index contributed by atoms with van der Waals surface area (Å²) in [6.45, 7) is 0. The van der Waals surface area contributed by atoms with Crippen molar-refractivity contribution in [2.75, 3.05) is 0 Å². The molecule has 5 heteroatoms. The first-order chi connectivity index (χ1) is 11.5. The van der Waals surface area contributed by atoms with Gasteiger partial charge in [0.25, 0.3) is 0 Å². The predicted molar refractivity (Wildman–Crippen MR) is 88.0 cm³/mol. The highest BCUT2D eigenvalue weighted by Crippen LogP contribution is 2.41. The number of aliphatic hydroxyl groups is 1. The third-order valence-corrected chi connectivity index (χ3v) is 4.10. The van der Waals surface area contributed by atoms with Gasteiger partial charge in [0.1, 0.15) is 11.5 Å². The minimum absolute atomic E-state index is 0.0127. The lowest BCUT2D eigenvalue weighted by atomic mass is 9.87. The fourth-order valence-electron chi connectivity index (χ4n) is 2.98. The minimum Gasteiger partial charge on any atom is -0.504 e. The Labute approximate surface area is 136 Å². The lowest BCUT2D eigenvalue weighted by molar-refractivity contribution is -0.117. The Morgan fingerprint density at radius 1 is 1.00 bits per heavy atom. The van der Waals surface area contributed by atoms with Crippen molar-refractivity contribution < 1.29 is 19.4 Å². The highest BCUT2D eigenvalue weighted by Gasteiger charge is 2.27. The van der Waals surface area contributed by atoms with Gasteiger partial charge in [0.15, 0.2) is 11.5 Å². The van der Waals surface area contributed by atoms with Crippen molar-refractivity contribution >= 4 is 11.9 Å². The van der Waals surface area contributed by atoms with Gasteiger partial charge >= 0.3 is 0 Å². The van der Waals surface area contributed by atoms with Gasteiger partial charge in [0.05, 0.1) is 0 Å². The molecule has 0 fully saturated rings. The number of ketones is 1. The van der Waals surface area contributed by atoms with Crippen molar-refractivity contribution in [1.29, 1.82) is 0 Å². The summed E-state index contributed by atoms with van der Waals surface area (Å²) in [5.41, 5.74) is 2.15. The zero-order valence-corrected chi connectivity index (χ0v) is 12.4. The molecule has 118 valence electrons. The SMILES string of the molecule is O=C1Cc2c(oc3cc(=O)c(O)cc-3c2-c2ccccc2)C=C1O. The van der Waals surface area contributed by atoms with Gasteiger partial charge in [-0.25, -0.2) is 0 Å². The van der Waals surface area contributed by atoms with Crippen molar-refractivity contribution in [3.63, 3.8) is 0 Å². The molecule has 0 spiro atoms. The van der Waals surface area contributed by atoms with E-state index in [-0.39, 0.29) is 23.7 Å². The first-order valence-electron chi connectivity index (χ1n) is 7.36. The molecule has 0 unspecified atom stereocenters. The number of carbonyl (C=O) groups is 1. The number of carbonyl (C=O) groups excluding carboxylic acids is 1. The highest BCUT2D eigenvalue weighted by atomic mass is 16.3. The van der Waals surface area contributed by atoms with Crippen molar-refractivity contribution in [2.45, 2.75) is 6.42 Å². The van der Waals surface area contributed by atoms with E-state index in [1.165, 1.54) is 18.2 Å². The topological polar surface area (TPSA) is 87.7 Å². The fourth-order valence-corrected chi connectivity index (χ4v) is 2.98. The van der Waals surface area contributed by atoms with Gasteiger partial charge in [0, 0.05) is 35.3 Å². The number of aliphatic hydroxyl groups excluding tert-OH is 1. The maximum atomic E-state index is 11.9. The van der Waals surface area contributed by atoms with Crippen molar-refractivity contribution in [3.05, 3.63) is 69.8 Å². The number of rotatable bonds is 1. The zero-order chi connectivity index (χ0) is 16.8. The molecular weight excluding hydrogens is 308 g/mol. The molecule has 0 saturated heterocycles. The van der Waals surface area contributed by atoms with E-state index in [9.17, 15) is 19.8 Å². The summed E-state index contributed by atoms with van der Waals surface area (Å²) in [5, 5.41) is 19.5. The summed E-state index contributed by atoms with van der Waals surface area (Å²) >= 11 is 0. The molecule has 0 saturated carbocycles. The third kappa shape index (κ3) is 2.10. The number of Topliss-reactive ketones (excluding diaryl/α,β-unsaturated/α-hetero) is 1. The Hall–Kier alpha value is -3.34. The smallest absolute Gasteiger partial charge is 0.223 e. The highest BCUT2D eigenvalue weighted by molar-refractivity contribution is 6.03. The molecule has 1 heterocycles. The van der Waals surface area contributed by atoms with E-state index in [4.69, 9.17) is 4.42 Å². The van der Waals surface area contributed by atoms with E-state index in [0.29, 0.717) is 22.5 Å². The number of hydrogen-bond donors (Lipinski definition) is 2. The van der Waals surface area contributed by atoms with Crippen LogP contribution < -0.4 is 5.43 Å². The van der Waals surface area contributed by atoms with E-state index in [1.807, 2.05) is 30.3 Å². The summed E-state index contributed by atoms with van der Waals surface area (Å²) in [5.74, 6) is -0.530. The Morgan fingerprint density at radius 3 is 2.50 bits per heavy atom. The Balaban J connectivity index is 2.16. The van der Waals surface area contributed by atoms with Crippen LogP contribution in [0.5, 0.6) is 5.75 Å². The average Bonchev–Trinajstić information content (AvgIpc) is 2.57. The second-order valence-corrected chi connectivity index (χ2v) is 5.63. The summed E-state index contributed by atoms with van der Waals surface area (Å²) in [6.07, 6.45) is 1.26. The molecule has 0 atom stereocenters. The first-order valence-corrected chi connectivity index (χ1v) is 7.36. The van der Waals surface area contributed by atoms with Crippen LogP contribution in [0.3, 0.4) is 0 Å². The number of aromatic hydroxyl groups is 1. The van der Waals surface area contributed by atoms with Gasteiger partial charge in [-0.15, -0.1) is 0 Å². The summed E-state index contributed by atoms with van der Waals surface area (Å²) < 4.78 is 5.70. The van der Waals surface area contributed by atoms with Crippen LogP contribution in [0.1, 0.15) is 11.3 Å². The van der Waals surface area contributed by atoms with Crippen molar-refractivity contribution in [1.82, 2.24) is 0 Å². The minimum atomic E-state index is -0.551. The molecule has 3 aliphatic rings. The third-order valence-electron chi connectivity index (χ3n) is 4.10. The lowest BCUT2D eigenvalue weighted by Gasteiger charge is -2.21. The molecule has 0 radical (unpaired) electrons. The Kier molecular flexibility index (Phi) is 3.03. The second kappa shape index (κ2) is 5.09. The second-order valence-electron chi connectivity index (χ2n) is 5.63. The van der Waals surface area contributed by atoms with E-state index in [1.54, 1.807) is 0 Å². The van der Waals surface area contributed by atoms with Gasteiger partial charge in [-0.1, -0.05) is 30.3 Å². The molecule has 1 aliphatic heterocycles. The normalized spacial score (nSPS) is 13.7. The van der Waals surface area contributed by atoms with Gasteiger partial charge in [-0.05, 0) is 11.6 Å². The quantitative estimate of drug-likeness (QED) is 0.719. The lowest BCUT2D eigenvalue weighted by Crippen LogP contribution is -2.14. The first kappa shape index (κ1) is 14.3. The van der Waals surface area contributed by atoms with Crippen molar-refractivity contribution in [3.8, 4) is 28.2 Å². The molecule has 4 rings (SSSR count). The summed E-state index contributed by atoms with van der Waals surface area (Å²) in [6, 6.07) is 11.9. The molecule has 24 heavy (non-hydrogen) atoms. The van der Waals surface area contributed by atoms with Crippen LogP contribution >= 0.6 is 0 Å². The van der Waals surface area contributed by atoms with Crippen LogP contribution in [0.4, 0.5) is 0 Å². The maximum absolute atomic E-state index is 11.9. The van der Waals surface area contributed by atoms with Gasteiger partial charge in [-0.2, -0.15) is 0 Å². The molecule has 1 aromatic rings. The molecule has 0 amide bonds. The molecule has 2 aliphatic carbocycles. The summed E-state index contributed by atoms with van der Waals surface area (Å²) in [7, 11) is 0. The monoisotopic (exact) mass is 320 g/mol. The van der Waals surface area contributed by atoms with E-state index in [0.717, 1.165) is 5.56 Å². The molecule has 2 N–H and O–H groups in total. The number of phenols is 1. The fraction of sp³-hybridized carbons (Fsp3) is 0.0526. The van der Waals surface area contributed by atoms with Crippen LogP contribution in [0.15, 0.2) is 57.4 Å². The zero-order valence-electron chi connectivity index (χ0n) is 12.4.